The zero-order chi connectivity index (χ0) is 13.7. The lowest BCUT2D eigenvalue weighted by atomic mass is 10.1. The van der Waals surface area contributed by atoms with Crippen LogP contribution in [0.2, 0.25) is 0 Å². The summed E-state index contributed by atoms with van der Waals surface area (Å²) in [4.78, 5) is 11.9. The van der Waals surface area contributed by atoms with Gasteiger partial charge in [-0.05, 0) is 24.6 Å². The molecule has 2 rings (SSSR count). The maximum atomic E-state index is 12.8. The highest BCUT2D eigenvalue weighted by atomic mass is 32.2. The molecule has 0 spiro atoms. The lowest BCUT2D eigenvalue weighted by Crippen LogP contribution is -2.41. The third-order valence-electron chi connectivity index (χ3n) is 3.18. The largest absolute Gasteiger partial charge is 0.350 e. The minimum absolute atomic E-state index is 0.0387. The van der Waals surface area contributed by atoms with Gasteiger partial charge in [0.25, 0.3) is 0 Å². The first kappa shape index (κ1) is 14.3. The summed E-state index contributed by atoms with van der Waals surface area (Å²) in [6.45, 7) is 2.88. The predicted molar refractivity (Wildman–Crippen MR) is 76.7 cm³/mol. The zero-order valence-corrected chi connectivity index (χ0v) is 11.8. The average Bonchev–Trinajstić information content (AvgIpc) is 2.40. The average molecular weight is 282 g/mol. The van der Waals surface area contributed by atoms with Crippen molar-refractivity contribution in [1.82, 2.24) is 10.6 Å². The number of nitrogens with one attached hydrogen (secondary N) is 2. The van der Waals surface area contributed by atoms with Gasteiger partial charge in [0.15, 0.2) is 0 Å². The first-order valence-electron chi connectivity index (χ1n) is 6.51. The molecule has 1 aromatic carbocycles. The number of halogens is 1. The van der Waals surface area contributed by atoms with Gasteiger partial charge in [-0.2, -0.15) is 11.8 Å². The Kier molecular flexibility index (Phi) is 5.22. The molecule has 1 aliphatic rings. The predicted octanol–water partition coefficient (Wildman–Crippen LogP) is 2.10. The van der Waals surface area contributed by atoms with Crippen LogP contribution in [0.5, 0.6) is 0 Å². The summed E-state index contributed by atoms with van der Waals surface area (Å²) in [5, 5.41) is 6.29. The molecule has 3 nitrogen and oxygen atoms in total. The highest BCUT2D eigenvalue weighted by Crippen LogP contribution is 2.14. The normalized spacial score (nSPS) is 20.8. The van der Waals surface area contributed by atoms with E-state index < -0.39 is 0 Å². The van der Waals surface area contributed by atoms with Gasteiger partial charge in [0.1, 0.15) is 5.82 Å². The zero-order valence-electron chi connectivity index (χ0n) is 11.0. The maximum absolute atomic E-state index is 12.8. The van der Waals surface area contributed by atoms with Crippen molar-refractivity contribution in [3.8, 4) is 0 Å². The van der Waals surface area contributed by atoms with E-state index in [1.165, 1.54) is 12.1 Å². The van der Waals surface area contributed by atoms with E-state index in [4.69, 9.17) is 0 Å². The van der Waals surface area contributed by atoms with Crippen molar-refractivity contribution in [2.24, 2.45) is 0 Å². The molecule has 0 radical (unpaired) electrons. The van der Waals surface area contributed by atoms with Gasteiger partial charge in [0.2, 0.25) is 5.91 Å². The van der Waals surface area contributed by atoms with Gasteiger partial charge in [-0.3, -0.25) is 4.79 Å². The number of thioether (sulfide) groups is 1. The van der Waals surface area contributed by atoms with E-state index >= 15 is 0 Å². The first-order valence-corrected chi connectivity index (χ1v) is 7.66. The molecular weight excluding hydrogens is 263 g/mol. The van der Waals surface area contributed by atoms with Gasteiger partial charge >= 0.3 is 0 Å². The van der Waals surface area contributed by atoms with Gasteiger partial charge < -0.3 is 10.6 Å². The topological polar surface area (TPSA) is 41.1 Å². The number of hydrogen-bond donors (Lipinski definition) is 2. The highest BCUT2D eigenvalue weighted by Gasteiger charge is 2.18. The van der Waals surface area contributed by atoms with Crippen molar-refractivity contribution >= 4 is 17.7 Å². The fraction of sp³-hybridized carbons (Fsp3) is 0.500. The minimum Gasteiger partial charge on any atom is -0.350 e. The van der Waals surface area contributed by atoms with Crippen molar-refractivity contribution in [2.45, 2.75) is 25.4 Å². The van der Waals surface area contributed by atoms with Crippen molar-refractivity contribution in [3.05, 3.63) is 35.6 Å². The molecule has 2 N–H and O–H groups in total. The van der Waals surface area contributed by atoms with E-state index in [0.29, 0.717) is 6.42 Å². The molecule has 0 bridgehead atoms. The van der Waals surface area contributed by atoms with Crippen molar-refractivity contribution < 1.29 is 9.18 Å². The summed E-state index contributed by atoms with van der Waals surface area (Å²) in [5.41, 5.74) is 0.917. The van der Waals surface area contributed by atoms with Gasteiger partial charge in [-0.15, -0.1) is 0 Å². The second kappa shape index (κ2) is 6.91. The Balaban J connectivity index is 1.82. The molecule has 1 amide bonds. The van der Waals surface area contributed by atoms with Gasteiger partial charge in [0.05, 0.1) is 6.04 Å². The molecule has 2 atom stereocenters. The van der Waals surface area contributed by atoms with Crippen LogP contribution in [0.3, 0.4) is 0 Å². The molecule has 0 aliphatic carbocycles. The van der Waals surface area contributed by atoms with Crippen molar-refractivity contribution in [2.75, 3.05) is 18.1 Å². The molecule has 5 heteroatoms. The van der Waals surface area contributed by atoms with Crippen LogP contribution in [0.25, 0.3) is 0 Å². The van der Waals surface area contributed by atoms with E-state index in [1.54, 1.807) is 12.1 Å². The third kappa shape index (κ3) is 4.51. The van der Waals surface area contributed by atoms with Crippen LogP contribution in [0, 0.1) is 5.82 Å². The van der Waals surface area contributed by atoms with Crippen LogP contribution in [-0.4, -0.2) is 30.0 Å². The van der Waals surface area contributed by atoms with Crippen LogP contribution < -0.4 is 10.6 Å². The van der Waals surface area contributed by atoms with Crippen LogP contribution in [0.15, 0.2) is 24.3 Å². The molecule has 0 aromatic heterocycles. The van der Waals surface area contributed by atoms with Crippen LogP contribution >= 0.6 is 11.8 Å². The molecule has 19 heavy (non-hydrogen) atoms. The summed E-state index contributed by atoms with van der Waals surface area (Å²) in [5.74, 6) is 1.88. The lowest BCUT2D eigenvalue weighted by Gasteiger charge is -2.23. The molecule has 1 unspecified atom stereocenters. The molecule has 1 fully saturated rings. The number of amides is 1. The van der Waals surface area contributed by atoms with Gasteiger partial charge in [-0.25, -0.2) is 4.39 Å². The fourth-order valence-corrected chi connectivity index (χ4v) is 3.06. The van der Waals surface area contributed by atoms with E-state index in [1.807, 2.05) is 18.7 Å². The fourth-order valence-electron chi connectivity index (χ4n) is 2.11. The number of carbonyl (C=O) groups excluding carboxylic acids is 1. The summed E-state index contributed by atoms with van der Waals surface area (Å²) < 4.78 is 12.8. The monoisotopic (exact) mass is 282 g/mol. The Morgan fingerprint density at radius 1 is 1.53 bits per heavy atom. The number of hydrogen-bond acceptors (Lipinski definition) is 3. The molecule has 1 aromatic rings. The minimum atomic E-state index is -0.259. The Morgan fingerprint density at radius 3 is 2.89 bits per heavy atom. The smallest absolute Gasteiger partial charge is 0.222 e. The van der Waals surface area contributed by atoms with Gasteiger partial charge in [0, 0.05) is 30.5 Å². The Morgan fingerprint density at radius 2 is 2.26 bits per heavy atom. The molecular formula is C14H19FN2OS. The summed E-state index contributed by atoms with van der Waals surface area (Å²) in [7, 11) is 0. The number of rotatable bonds is 4. The van der Waals surface area contributed by atoms with E-state index in [9.17, 15) is 9.18 Å². The molecule has 1 saturated heterocycles. The lowest BCUT2D eigenvalue weighted by molar-refractivity contribution is -0.122. The van der Waals surface area contributed by atoms with Crippen LogP contribution in [0.1, 0.15) is 24.9 Å². The standard InChI is InChI=1S/C14H19FN2OS/c1-10(11-2-4-12(15)5-3-11)17-14(18)8-13-9-19-7-6-16-13/h2-5,10,13,16H,6-9H2,1H3,(H,17,18)/t10-,13?/m0/s1. The van der Waals surface area contributed by atoms with Crippen molar-refractivity contribution in [3.63, 3.8) is 0 Å². The molecule has 104 valence electrons. The summed E-state index contributed by atoms with van der Waals surface area (Å²) in [6, 6.07) is 6.40. The molecule has 1 heterocycles. The Labute approximate surface area is 117 Å². The summed E-state index contributed by atoms with van der Waals surface area (Å²) in [6.07, 6.45) is 0.499. The maximum Gasteiger partial charge on any atom is 0.222 e. The number of carbonyl (C=O) groups is 1. The second-order valence-corrected chi connectivity index (χ2v) is 5.92. The van der Waals surface area contributed by atoms with E-state index in [-0.39, 0.29) is 23.8 Å². The quantitative estimate of drug-likeness (QED) is 0.888. The second-order valence-electron chi connectivity index (χ2n) is 4.77. The first-order chi connectivity index (χ1) is 9.15. The SMILES string of the molecule is C[C@H](NC(=O)CC1CSCCN1)c1ccc(F)cc1. The summed E-state index contributed by atoms with van der Waals surface area (Å²) >= 11 is 1.88. The Bertz CT molecular complexity index is 418. The molecule has 0 saturated carbocycles. The van der Waals surface area contributed by atoms with Crippen LogP contribution in [0.4, 0.5) is 4.39 Å². The van der Waals surface area contributed by atoms with Crippen molar-refractivity contribution in [1.29, 1.82) is 0 Å². The van der Waals surface area contributed by atoms with Crippen LogP contribution in [-0.2, 0) is 4.79 Å². The third-order valence-corrected chi connectivity index (χ3v) is 4.31. The Hall–Kier alpha value is -1.07. The highest BCUT2D eigenvalue weighted by molar-refractivity contribution is 7.99. The van der Waals surface area contributed by atoms with E-state index in [2.05, 4.69) is 10.6 Å². The molecule has 1 aliphatic heterocycles. The van der Waals surface area contributed by atoms with Gasteiger partial charge in [-0.1, -0.05) is 12.1 Å². The number of benzene rings is 1. The van der Waals surface area contributed by atoms with E-state index in [0.717, 1.165) is 23.6 Å².